The van der Waals surface area contributed by atoms with E-state index in [1.807, 2.05) is 0 Å². The summed E-state index contributed by atoms with van der Waals surface area (Å²) in [6.45, 7) is 0.360. The molecule has 2 aromatic carbocycles. The first-order chi connectivity index (χ1) is 12.5. The number of fused-ring (bicyclic) bond motifs is 2. The summed E-state index contributed by atoms with van der Waals surface area (Å²) in [5.41, 5.74) is 1.58. The van der Waals surface area contributed by atoms with Crippen LogP contribution < -0.4 is 4.90 Å². The summed E-state index contributed by atoms with van der Waals surface area (Å²) in [5, 5.41) is 29.0. The lowest BCUT2D eigenvalue weighted by Gasteiger charge is -2.15. The Morgan fingerprint density at radius 2 is 1.77 bits per heavy atom. The number of carbonyl (C=O) groups excluding carboxylic acids is 1. The molecule has 10 heteroatoms. The third kappa shape index (κ3) is 2.35. The predicted octanol–water partition coefficient (Wildman–Crippen LogP) is 2.58. The summed E-state index contributed by atoms with van der Waals surface area (Å²) < 4.78 is 0. The minimum absolute atomic E-state index is 0.0445. The molecule has 0 aliphatic carbocycles. The fourth-order valence-electron chi connectivity index (χ4n) is 3.10. The monoisotopic (exact) mass is 353 g/mol. The van der Waals surface area contributed by atoms with E-state index < -0.39 is 15.8 Å². The molecule has 1 aliphatic heterocycles. The molecule has 1 aliphatic rings. The molecule has 1 aromatic heterocycles. The molecule has 0 fully saturated rings. The highest BCUT2D eigenvalue weighted by molar-refractivity contribution is 6.13. The van der Waals surface area contributed by atoms with Crippen molar-refractivity contribution in [2.45, 2.75) is 6.42 Å². The number of hydrogen-bond acceptors (Lipinski definition) is 6. The van der Waals surface area contributed by atoms with Gasteiger partial charge in [-0.05, 0) is 18.1 Å². The van der Waals surface area contributed by atoms with E-state index in [0.29, 0.717) is 29.6 Å². The lowest BCUT2D eigenvalue weighted by molar-refractivity contribution is -0.384. The molecule has 0 saturated carbocycles. The molecule has 4 rings (SSSR count). The number of aromatic amines is 1. The molecule has 0 bridgehead atoms. The van der Waals surface area contributed by atoms with Crippen molar-refractivity contribution in [3.05, 3.63) is 67.9 Å². The number of rotatable bonds is 3. The average molecular weight is 353 g/mol. The zero-order valence-corrected chi connectivity index (χ0v) is 13.2. The van der Waals surface area contributed by atoms with Gasteiger partial charge in [0.15, 0.2) is 5.69 Å². The second-order valence-electron chi connectivity index (χ2n) is 5.84. The van der Waals surface area contributed by atoms with Crippen LogP contribution in [0, 0.1) is 20.2 Å². The summed E-state index contributed by atoms with van der Waals surface area (Å²) in [6.07, 6.45) is 0.571. The first-order valence-corrected chi connectivity index (χ1v) is 7.67. The van der Waals surface area contributed by atoms with Crippen molar-refractivity contribution in [3.8, 4) is 0 Å². The van der Waals surface area contributed by atoms with Gasteiger partial charge in [-0.25, -0.2) is 0 Å². The number of nitro benzene ring substituents is 2. The topological polar surface area (TPSA) is 135 Å². The van der Waals surface area contributed by atoms with Crippen LogP contribution >= 0.6 is 0 Å². The number of nitro groups is 2. The van der Waals surface area contributed by atoms with Crippen LogP contribution in [-0.2, 0) is 6.42 Å². The van der Waals surface area contributed by atoms with Crippen LogP contribution in [0.15, 0.2) is 36.4 Å². The number of aromatic nitrogens is 2. The molecule has 26 heavy (non-hydrogen) atoms. The number of non-ortho nitro benzene ring substituents is 2. The van der Waals surface area contributed by atoms with Gasteiger partial charge in [-0.1, -0.05) is 6.07 Å². The van der Waals surface area contributed by atoms with Gasteiger partial charge in [0.2, 0.25) is 0 Å². The summed E-state index contributed by atoms with van der Waals surface area (Å²) in [6, 6.07) is 8.49. The van der Waals surface area contributed by atoms with Crippen LogP contribution in [0.1, 0.15) is 16.1 Å². The Labute approximate surface area is 145 Å². The summed E-state index contributed by atoms with van der Waals surface area (Å²) in [5.74, 6) is -0.462. The number of nitrogens with one attached hydrogen (secondary N) is 1. The van der Waals surface area contributed by atoms with Crippen LogP contribution in [-0.4, -0.2) is 32.5 Å². The van der Waals surface area contributed by atoms with E-state index in [-0.39, 0.29) is 17.1 Å². The molecule has 2 heterocycles. The number of benzene rings is 2. The molecule has 130 valence electrons. The Bertz CT molecular complexity index is 1090. The Hall–Kier alpha value is -3.82. The van der Waals surface area contributed by atoms with Gasteiger partial charge in [0.25, 0.3) is 17.3 Å². The van der Waals surface area contributed by atoms with Crippen LogP contribution in [0.2, 0.25) is 0 Å². The molecule has 1 amide bonds. The molecule has 3 aromatic rings. The molecular formula is C16H11N5O5. The van der Waals surface area contributed by atoms with E-state index in [1.165, 1.54) is 35.2 Å². The van der Waals surface area contributed by atoms with E-state index in [4.69, 9.17) is 0 Å². The van der Waals surface area contributed by atoms with E-state index in [1.54, 1.807) is 6.07 Å². The molecule has 10 nitrogen and oxygen atoms in total. The van der Waals surface area contributed by atoms with E-state index in [2.05, 4.69) is 10.2 Å². The van der Waals surface area contributed by atoms with Crippen molar-refractivity contribution >= 4 is 33.9 Å². The largest absolute Gasteiger partial charge is 0.306 e. The smallest absolute Gasteiger partial charge is 0.279 e. The number of carbonyl (C=O) groups is 1. The maximum atomic E-state index is 13.0. The predicted molar refractivity (Wildman–Crippen MR) is 91.2 cm³/mol. The molecule has 0 atom stereocenters. The maximum Gasteiger partial charge on any atom is 0.279 e. The zero-order valence-electron chi connectivity index (χ0n) is 13.2. The van der Waals surface area contributed by atoms with Crippen molar-refractivity contribution in [2.24, 2.45) is 0 Å². The second kappa shape index (κ2) is 5.62. The van der Waals surface area contributed by atoms with Gasteiger partial charge >= 0.3 is 0 Å². The highest BCUT2D eigenvalue weighted by atomic mass is 16.6. The van der Waals surface area contributed by atoms with Crippen molar-refractivity contribution in [1.29, 1.82) is 0 Å². The standard InChI is InChI=1S/C16H11N5O5/c22-16(15-12-7-10(20(23)24)3-4-13(12)17-18-15)19-6-5-9-1-2-11(21(25)26)8-14(9)19/h1-4,7-8H,5-6H2,(H,17,18). The van der Waals surface area contributed by atoms with E-state index >= 15 is 0 Å². The summed E-state index contributed by atoms with van der Waals surface area (Å²) >= 11 is 0. The zero-order chi connectivity index (χ0) is 18.4. The number of H-pyrrole nitrogens is 1. The first-order valence-electron chi connectivity index (χ1n) is 7.67. The third-order valence-electron chi connectivity index (χ3n) is 4.38. The highest BCUT2D eigenvalue weighted by Crippen LogP contribution is 2.33. The Morgan fingerprint density at radius 3 is 2.50 bits per heavy atom. The van der Waals surface area contributed by atoms with Gasteiger partial charge in [0, 0.05) is 36.2 Å². The minimum Gasteiger partial charge on any atom is -0.306 e. The lowest BCUT2D eigenvalue weighted by Crippen LogP contribution is -2.29. The van der Waals surface area contributed by atoms with Gasteiger partial charge in [-0.3, -0.25) is 30.1 Å². The quantitative estimate of drug-likeness (QED) is 0.568. The van der Waals surface area contributed by atoms with Crippen LogP contribution in [0.25, 0.3) is 10.9 Å². The summed E-state index contributed by atoms with van der Waals surface area (Å²) in [7, 11) is 0. The van der Waals surface area contributed by atoms with Crippen LogP contribution in [0.4, 0.5) is 17.1 Å². The normalized spacial score (nSPS) is 13.0. The van der Waals surface area contributed by atoms with Crippen molar-refractivity contribution in [1.82, 2.24) is 10.2 Å². The molecule has 0 saturated heterocycles. The van der Waals surface area contributed by atoms with Gasteiger partial charge < -0.3 is 4.90 Å². The Morgan fingerprint density at radius 1 is 1.08 bits per heavy atom. The third-order valence-corrected chi connectivity index (χ3v) is 4.38. The average Bonchev–Trinajstić information content (AvgIpc) is 3.24. The van der Waals surface area contributed by atoms with Crippen molar-refractivity contribution < 1.29 is 14.6 Å². The number of hydrogen-bond donors (Lipinski definition) is 1. The lowest BCUT2D eigenvalue weighted by atomic mass is 10.1. The van der Waals surface area contributed by atoms with Crippen molar-refractivity contribution in [3.63, 3.8) is 0 Å². The maximum absolute atomic E-state index is 13.0. The molecule has 1 N–H and O–H groups in total. The number of anilines is 1. The molecular weight excluding hydrogens is 342 g/mol. The van der Waals surface area contributed by atoms with E-state index in [9.17, 15) is 25.0 Å². The minimum atomic E-state index is -0.546. The fourth-order valence-corrected chi connectivity index (χ4v) is 3.10. The summed E-state index contributed by atoms with van der Waals surface area (Å²) in [4.78, 5) is 35.3. The Balaban J connectivity index is 1.77. The molecule has 0 radical (unpaired) electrons. The number of nitrogens with zero attached hydrogens (tertiary/aromatic N) is 4. The van der Waals surface area contributed by atoms with Gasteiger partial charge in [-0.2, -0.15) is 5.10 Å². The molecule has 0 unspecified atom stereocenters. The van der Waals surface area contributed by atoms with Crippen molar-refractivity contribution in [2.75, 3.05) is 11.4 Å². The number of amides is 1. The fraction of sp³-hybridized carbons (Fsp3) is 0.125. The first kappa shape index (κ1) is 15.7. The van der Waals surface area contributed by atoms with Crippen LogP contribution in [0.5, 0.6) is 0 Å². The SMILES string of the molecule is O=C(c1n[nH]c2ccc([N+](=O)[O-])cc12)N1CCc2ccc([N+](=O)[O-])cc21. The van der Waals surface area contributed by atoms with Crippen LogP contribution in [0.3, 0.4) is 0 Å². The Kier molecular flexibility index (Phi) is 3.39. The van der Waals surface area contributed by atoms with E-state index in [0.717, 1.165) is 5.56 Å². The van der Waals surface area contributed by atoms with Gasteiger partial charge in [0.1, 0.15) is 0 Å². The second-order valence-corrected chi connectivity index (χ2v) is 5.84. The highest BCUT2D eigenvalue weighted by Gasteiger charge is 2.30. The van der Waals surface area contributed by atoms with Gasteiger partial charge in [0.05, 0.1) is 21.1 Å². The van der Waals surface area contributed by atoms with Gasteiger partial charge in [-0.15, -0.1) is 0 Å². The molecule has 0 spiro atoms.